The first kappa shape index (κ1) is 17.9. The standard InChI is InChI=1S/C18H12Cl2N4O2S/c19-14-5-4-13-16(24-7-6-22-10-24)9-15(23-18(13)17(14)20)11-2-1-3-12(8-11)27(21,25)26/h1-10H,(H2,21,25,26). The van der Waals surface area contributed by atoms with Gasteiger partial charge in [0.25, 0.3) is 0 Å². The predicted molar refractivity (Wildman–Crippen MR) is 106 cm³/mol. The van der Waals surface area contributed by atoms with Crippen LogP contribution in [0.1, 0.15) is 0 Å². The molecule has 136 valence electrons. The number of primary sulfonamides is 1. The van der Waals surface area contributed by atoms with Crippen molar-refractivity contribution in [2.75, 3.05) is 0 Å². The summed E-state index contributed by atoms with van der Waals surface area (Å²) in [7, 11) is -3.83. The van der Waals surface area contributed by atoms with Crippen LogP contribution < -0.4 is 5.14 Å². The molecule has 27 heavy (non-hydrogen) atoms. The molecule has 0 aliphatic heterocycles. The molecule has 0 aliphatic rings. The van der Waals surface area contributed by atoms with Gasteiger partial charge < -0.3 is 4.57 Å². The Morgan fingerprint density at radius 2 is 1.89 bits per heavy atom. The van der Waals surface area contributed by atoms with Gasteiger partial charge >= 0.3 is 0 Å². The Morgan fingerprint density at radius 3 is 2.59 bits per heavy atom. The Kier molecular flexibility index (Phi) is 4.39. The highest BCUT2D eigenvalue weighted by atomic mass is 35.5. The van der Waals surface area contributed by atoms with E-state index in [1.165, 1.54) is 12.1 Å². The normalized spacial score (nSPS) is 11.8. The second-order valence-electron chi connectivity index (χ2n) is 5.83. The van der Waals surface area contributed by atoms with Crippen molar-refractivity contribution >= 4 is 44.1 Å². The van der Waals surface area contributed by atoms with E-state index in [9.17, 15) is 8.42 Å². The van der Waals surface area contributed by atoms with E-state index in [0.29, 0.717) is 26.8 Å². The monoisotopic (exact) mass is 418 g/mol. The number of sulfonamides is 1. The first-order valence-corrected chi connectivity index (χ1v) is 10.0. The minimum atomic E-state index is -3.83. The van der Waals surface area contributed by atoms with Gasteiger partial charge in [-0.1, -0.05) is 35.3 Å². The van der Waals surface area contributed by atoms with Gasteiger partial charge in [-0.25, -0.2) is 23.5 Å². The number of nitrogens with two attached hydrogens (primary N) is 1. The van der Waals surface area contributed by atoms with E-state index in [-0.39, 0.29) is 4.90 Å². The van der Waals surface area contributed by atoms with E-state index in [0.717, 1.165) is 11.1 Å². The Labute approximate surface area is 165 Å². The van der Waals surface area contributed by atoms with Crippen molar-refractivity contribution < 1.29 is 8.42 Å². The number of hydrogen-bond donors (Lipinski definition) is 1. The van der Waals surface area contributed by atoms with E-state index < -0.39 is 10.0 Å². The lowest BCUT2D eigenvalue weighted by molar-refractivity contribution is 0.598. The van der Waals surface area contributed by atoms with Crippen LogP contribution in [0.4, 0.5) is 0 Å². The number of rotatable bonds is 3. The van der Waals surface area contributed by atoms with Crippen molar-refractivity contribution in [1.82, 2.24) is 14.5 Å². The fraction of sp³-hybridized carbons (Fsp3) is 0. The highest BCUT2D eigenvalue weighted by molar-refractivity contribution is 7.89. The van der Waals surface area contributed by atoms with Gasteiger partial charge in [-0.15, -0.1) is 0 Å². The summed E-state index contributed by atoms with van der Waals surface area (Å²) in [5.74, 6) is 0. The molecule has 0 radical (unpaired) electrons. The Morgan fingerprint density at radius 1 is 1.07 bits per heavy atom. The fourth-order valence-corrected chi connectivity index (χ4v) is 3.73. The van der Waals surface area contributed by atoms with Crippen LogP contribution in [0.3, 0.4) is 0 Å². The molecule has 0 fully saturated rings. The first-order chi connectivity index (χ1) is 12.8. The number of pyridine rings is 1. The summed E-state index contributed by atoms with van der Waals surface area (Å²) in [5.41, 5.74) is 2.40. The van der Waals surface area contributed by atoms with Crippen LogP contribution in [0.15, 0.2) is 66.1 Å². The van der Waals surface area contributed by atoms with Crippen molar-refractivity contribution in [2.45, 2.75) is 4.90 Å². The molecule has 0 bridgehead atoms. The van der Waals surface area contributed by atoms with Gasteiger partial charge in [0.15, 0.2) is 0 Å². The van der Waals surface area contributed by atoms with Gasteiger partial charge in [0.05, 0.1) is 38.2 Å². The van der Waals surface area contributed by atoms with Gasteiger partial charge in [0.2, 0.25) is 10.0 Å². The van der Waals surface area contributed by atoms with Gasteiger partial charge in [-0.2, -0.15) is 0 Å². The summed E-state index contributed by atoms with van der Waals surface area (Å²) >= 11 is 12.5. The Bertz CT molecular complexity index is 1270. The minimum absolute atomic E-state index is 0.00303. The second-order valence-corrected chi connectivity index (χ2v) is 8.17. The molecule has 9 heteroatoms. The molecule has 0 saturated carbocycles. The molecule has 0 atom stereocenters. The summed E-state index contributed by atoms with van der Waals surface area (Å²) in [6, 6.07) is 11.6. The summed E-state index contributed by atoms with van der Waals surface area (Å²) in [6.45, 7) is 0. The molecule has 0 spiro atoms. The third-order valence-corrected chi connectivity index (χ3v) is 5.80. The molecule has 2 aromatic carbocycles. The molecule has 0 saturated heterocycles. The summed E-state index contributed by atoms with van der Waals surface area (Å²) in [6.07, 6.45) is 5.11. The summed E-state index contributed by atoms with van der Waals surface area (Å²) in [4.78, 5) is 8.70. The minimum Gasteiger partial charge on any atom is -0.306 e. The van der Waals surface area contributed by atoms with Crippen LogP contribution in [-0.2, 0) is 10.0 Å². The lowest BCUT2D eigenvalue weighted by Crippen LogP contribution is -2.12. The largest absolute Gasteiger partial charge is 0.306 e. The van der Waals surface area contributed by atoms with Crippen molar-refractivity contribution in [2.24, 2.45) is 5.14 Å². The average molecular weight is 419 g/mol. The van der Waals surface area contributed by atoms with E-state index in [1.54, 1.807) is 36.9 Å². The molecule has 6 nitrogen and oxygen atoms in total. The summed E-state index contributed by atoms with van der Waals surface area (Å²) in [5, 5.41) is 6.73. The van der Waals surface area contributed by atoms with E-state index in [2.05, 4.69) is 9.97 Å². The number of halogens is 2. The number of imidazole rings is 1. The van der Waals surface area contributed by atoms with Crippen LogP contribution in [0.5, 0.6) is 0 Å². The van der Waals surface area contributed by atoms with E-state index in [4.69, 9.17) is 28.3 Å². The number of nitrogens with zero attached hydrogens (tertiary/aromatic N) is 3. The zero-order valence-corrected chi connectivity index (χ0v) is 16.0. The van der Waals surface area contributed by atoms with Crippen molar-refractivity contribution in [3.8, 4) is 16.9 Å². The first-order valence-electron chi connectivity index (χ1n) is 7.75. The smallest absolute Gasteiger partial charge is 0.238 e. The van der Waals surface area contributed by atoms with Crippen LogP contribution in [0, 0.1) is 0 Å². The van der Waals surface area contributed by atoms with Crippen molar-refractivity contribution in [1.29, 1.82) is 0 Å². The topological polar surface area (TPSA) is 90.9 Å². The molecular formula is C18H12Cl2N4O2S. The number of hydrogen-bond acceptors (Lipinski definition) is 4. The third kappa shape index (κ3) is 3.30. The number of fused-ring (bicyclic) bond motifs is 1. The molecule has 2 aromatic heterocycles. The Balaban J connectivity index is 2.04. The number of aromatic nitrogens is 3. The third-order valence-electron chi connectivity index (χ3n) is 4.09. The van der Waals surface area contributed by atoms with Crippen LogP contribution in [-0.4, -0.2) is 23.0 Å². The van der Waals surface area contributed by atoms with Gasteiger partial charge in [-0.05, 0) is 30.3 Å². The van der Waals surface area contributed by atoms with Gasteiger partial charge in [0.1, 0.15) is 0 Å². The molecule has 0 amide bonds. The molecular weight excluding hydrogens is 407 g/mol. The predicted octanol–water partition coefficient (Wildman–Crippen LogP) is 4.04. The highest BCUT2D eigenvalue weighted by Crippen LogP contribution is 2.35. The van der Waals surface area contributed by atoms with E-state index >= 15 is 0 Å². The SMILES string of the molecule is NS(=O)(=O)c1cccc(-c2cc(-n3ccnc3)c3ccc(Cl)c(Cl)c3n2)c1. The van der Waals surface area contributed by atoms with Crippen LogP contribution >= 0.6 is 23.2 Å². The van der Waals surface area contributed by atoms with Crippen molar-refractivity contribution in [3.05, 3.63) is 71.2 Å². The quantitative estimate of drug-likeness (QED) is 0.543. The maximum atomic E-state index is 11.7. The maximum absolute atomic E-state index is 11.7. The average Bonchev–Trinajstić information content (AvgIpc) is 3.18. The van der Waals surface area contributed by atoms with Gasteiger partial charge in [-0.3, -0.25) is 0 Å². The van der Waals surface area contributed by atoms with E-state index in [1.807, 2.05) is 16.7 Å². The molecule has 4 aromatic rings. The molecule has 4 rings (SSSR count). The van der Waals surface area contributed by atoms with Crippen molar-refractivity contribution in [3.63, 3.8) is 0 Å². The zero-order valence-electron chi connectivity index (χ0n) is 13.7. The zero-order chi connectivity index (χ0) is 19.2. The maximum Gasteiger partial charge on any atom is 0.238 e. The molecule has 0 unspecified atom stereocenters. The second kappa shape index (κ2) is 6.61. The molecule has 2 N–H and O–H groups in total. The lowest BCUT2D eigenvalue weighted by Gasteiger charge is -2.12. The summed E-state index contributed by atoms with van der Waals surface area (Å²) < 4.78 is 25.2. The van der Waals surface area contributed by atoms with Crippen LogP contribution in [0.2, 0.25) is 10.0 Å². The van der Waals surface area contributed by atoms with Crippen LogP contribution in [0.25, 0.3) is 27.8 Å². The fourth-order valence-electron chi connectivity index (χ4n) is 2.81. The Hall–Kier alpha value is -2.45. The highest BCUT2D eigenvalue weighted by Gasteiger charge is 2.15. The molecule has 0 aliphatic carbocycles. The number of benzene rings is 2. The van der Waals surface area contributed by atoms with Gasteiger partial charge in [0, 0.05) is 23.3 Å². The lowest BCUT2D eigenvalue weighted by atomic mass is 10.1. The molecule has 2 heterocycles.